The van der Waals surface area contributed by atoms with E-state index < -0.39 is 5.60 Å². The lowest BCUT2D eigenvalue weighted by Gasteiger charge is -2.61. The van der Waals surface area contributed by atoms with E-state index in [1.165, 1.54) is 43.6 Å². The molecular formula is C23H39NO3. The zero-order valence-electron chi connectivity index (χ0n) is 18.0. The van der Waals surface area contributed by atoms with Gasteiger partial charge in [0.25, 0.3) is 0 Å². The van der Waals surface area contributed by atoms with Gasteiger partial charge in [0, 0.05) is 13.0 Å². The van der Waals surface area contributed by atoms with Crippen molar-refractivity contribution in [3.8, 4) is 0 Å². The molecular weight excluding hydrogens is 338 g/mol. The van der Waals surface area contributed by atoms with Crippen molar-refractivity contribution in [3.05, 3.63) is 0 Å². The molecule has 0 bridgehead atoms. The second-order valence-corrected chi connectivity index (χ2v) is 11.1. The molecule has 0 radical (unpaired) electrons. The number of fused-ring (bicyclic) bond motifs is 5. The number of aliphatic hydroxyl groups is 1. The van der Waals surface area contributed by atoms with Gasteiger partial charge in [0.2, 0.25) is 5.91 Å². The Bertz CT molecular complexity index is 604. The van der Waals surface area contributed by atoms with Crippen molar-refractivity contribution in [3.63, 3.8) is 0 Å². The fourth-order valence-corrected chi connectivity index (χ4v) is 8.15. The number of amides is 1. The highest BCUT2D eigenvalue weighted by atomic mass is 16.7. The number of carbonyl (C=O) groups excluding carboxylic acids is 1. The van der Waals surface area contributed by atoms with E-state index in [9.17, 15) is 9.90 Å². The maximum atomic E-state index is 12.9. The van der Waals surface area contributed by atoms with E-state index in [1.54, 1.807) is 14.2 Å². The van der Waals surface area contributed by atoms with Crippen molar-refractivity contribution in [1.82, 2.24) is 5.06 Å². The van der Waals surface area contributed by atoms with Gasteiger partial charge in [-0.15, -0.1) is 0 Å². The number of hydroxylamine groups is 2. The molecule has 1 N–H and O–H groups in total. The third-order valence-corrected chi connectivity index (χ3v) is 9.84. The van der Waals surface area contributed by atoms with Crippen molar-refractivity contribution in [2.24, 2.45) is 40.4 Å². The molecule has 8 atom stereocenters. The Morgan fingerprint density at radius 2 is 1.67 bits per heavy atom. The first-order chi connectivity index (χ1) is 12.6. The summed E-state index contributed by atoms with van der Waals surface area (Å²) < 4.78 is 0. The van der Waals surface area contributed by atoms with E-state index in [1.807, 2.05) is 6.92 Å². The molecule has 4 saturated carbocycles. The van der Waals surface area contributed by atoms with Crippen LogP contribution in [-0.2, 0) is 9.63 Å². The van der Waals surface area contributed by atoms with E-state index in [-0.39, 0.29) is 17.2 Å². The largest absolute Gasteiger partial charge is 0.390 e. The minimum absolute atomic E-state index is 0.117. The molecule has 0 aromatic rings. The molecule has 0 spiro atoms. The summed E-state index contributed by atoms with van der Waals surface area (Å²) in [6.45, 7) is 6.96. The summed E-state index contributed by atoms with van der Waals surface area (Å²) in [6.07, 6.45) is 10.3. The second kappa shape index (κ2) is 6.45. The van der Waals surface area contributed by atoms with E-state index >= 15 is 0 Å². The number of nitrogens with zero attached hydrogens (tertiary/aromatic N) is 1. The van der Waals surface area contributed by atoms with Crippen LogP contribution >= 0.6 is 0 Å². The van der Waals surface area contributed by atoms with Crippen LogP contribution in [0.5, 0.6) is 0 Å². The van der Waals surface area contributed by atoms with Crippen LogP contribution in [-0.4, -0.2) is 35.8 Å². The van der Waals surface area contributed by atoms with Crippen molar-refractivity contribution in [2.75, 3.05) is 14.2 Å². The molecule has 0 aliphatic heterocycles. The minimum atomic E-state index is -0.462. The van der Waals surface area contributed by atoms with E-state index in [4.69, 9.17) is 4.84 Å². The first-order valence-corrected chi connectivity index (χ1v) is 11.2. The van der Waals surface area contributed by atoms with Crippen LogP contribution in [0.4, 0.5) is 0 Å². The second-order valence-electron chi connectivity index (χ2n) is 11.1. The standard InChI is InChI=1S/C23H39NO3/c1-21(26)12-13-22(2)15(14-21)6-7-16-17-8-9-19(20(25)24(4)27-5)23(17,3)11-10-18(16)22/h15-19,26H,6-14H2,1-5H3/t15-,16-,17-,18-,19+,21+,22?,23-/m0/s1. The highest BCUT2D eigenvalue weighted by Crippen LogP contribution is 2.68. The first-order valence-electron chi connectivity index (χ1n) is 11.2. The number of hydrogen-bond acceptors (Lipinski definition) is 3. The Hall–Kier alpha value is -0.610. The molecule has 4 aliphatic carbocycles. The number of carbonyl (C=O) groups is 1. The van der Waals surface area contributed by atoms with Crippen molar-refractivity contribution in [2.45, 2.75) is 84.2 Å². The maximum Gasteiger partial charge on any atom is 0.249 e. The zero-order chi connectivity index (χ0) is 19.6. The van der Waals surface area contributed by atoms with Gasteiger partial charge < -0.3 is 5.11 Å². The van der Waals surface area contributed by atoms with Gasteiger partial charge in [0.05, 0.1) is 12.7 Å². The Balaban J connectivity index is 1.57. The molecule has 0 aromatic carbocycles. The SMILES string of the molecule is CON(C)C(=O)[C@H]1CC[C@H]2[C@@H]3CC[C@H]4C[C@](C)(O)CCC4(C)[C@H]3CC[C@]12C. The Kier molecular flexibility index (Phi) is 4.71. The van der Waals surface area contributed by atoms with Crippen molar-refractivity contribution in [1.29, 1.82) is 0 Å². The Morgan fingerprint density at radius 3 is 2.37 bits per heavy atom. The van der Waals surface area contributed by atoms with E-state index in [0.29, 0.717) is 17.3 Å². The molecule has 4 rings (SSSR count). The molecule has 27 heavy (non-hydrogen) atoms. The first kappa shape index (κ1) is 19.7. The van der Waals surface area contributed by atoms with Gasteiger partial charge in [0.15, 0.2) is 0 Å². The van der Waals surface area contributed by atoms with Gasteiger partial charge in [-0.05, 0) is 99.2 Å². The van der Waals surface area contributed by atoms with Gasteiger partial charge in [-0.1, -0.05) is 13.8 Å². The summed E-state index contributed by atoms with van der Waals surface area (Å²) >= 11 is 0. The van der Waals surface area contributed by atoms with E-state index in [2.05, 4.69) is 13.8 Å². The molecule has 4 fully saturated rings. The highest BCUT2D eigenvalue weighted by Gasteiger charge is 2.62. The lowest BCUT2D eigenvalue weighted by atomic mass is 9.44. The van der Waals surface area contributed by atoms with Crippen LogP contribution < -0.4 is 0 Å². The average Bonchev–Trinajstić information content (AvgIpc) is 2.98. The van der Waals surface area contributed by atoms with Crippen LogP contribution in [0, 0.1) is 40.4 Å². The molecule has 4 nitrogen and oxygen atoms in total. The summed E-state index contributed by atoms with van der Waals surface area (Å²) in [5.41, 5.74) is 0.0576. The molecule has 0 heterocycles. The summed E-state index contributed by atoms with van der Waals surface area (Å²) in [5, 5.41) is 12.1. The smallest absolute Gasteiger partial charge is 0.249 e. The Morgan fingerprint density at radius 1 is 0.963 bits per heavy atom. The molecule has 1 unspecified atom stereocenters. The van der Waals surface area contributed by atoms with Gasteiger partial charge in [-0.2, -0.15) is 0 Å². The predicted octanol–water partition coefficient (Wildman–Crippen LogP) is 4.42. The normalized spacial score (nSPS) is 51.9. The topological polar surface area (TPSA) is 49.8 Å². The Labute approximate surface area is 165 Å². The minimum Gasteiger partial charge on any atom is -0.390 e. The molecule has 4 aliphatic rings. The number of rotatable bonds is 2. The molecule has 0 saturated heterocycles. The summed E-state index contributed by atoms with van der Waals surface area (Å²) in [6, 6.07) is 0. The fourth-order valence-electron chi connectivity index (χ4n) is 8.15. The maximum absolute atomic E-state index is 12.9. The fraction of sp³-hybridized carbons (Fsp3) is 0.957. The van der Waals surface area contributed by atoms with Gasteiger partial charge in [-0.25, -0.2) is 5.06 Å². The summed E-state index contributed by atoms with van der Waals surface area (Å²) in [5.74, 6) is 3.18. The van der Waals surface area contributed by atoms with Crippen molar-refractivity contribution < 1.29 is 14.7 Å². The van der Waals surface area contributed by atoms with E-state index in [0.717, 1.165) is 31.1 Å². The zero-order valence-corrected chi connectivity index (χ0v) is 18.0. The summed E-state index contributed by atoms with van der Waals surface area (Å²) in [7, 11) is 3.34. The third-order valence-electron chi connectivity index (χ3n) is 9.84. The highest BCUT2D eigenvalue weighted by molar-refractivity contribution is 5.79. The monoisotopic (exact) mass is 377 g/mol. The van der Waals surface area contributed by atoms with Crippen LogP contribution in [0.2, 0.25) is 0 Å². The quantitative estimate of drug-likeness (QED) is 0.725. The molecule has 0 aromatic heterocycles. The summed E-state index contributed by atoms with van der Waals surface area (Å²) in [4.78, 5) is 18.2. The van der Waals surface area contributed by atoms with Gasteiger partial charge >= 0.3 is 0 Å². The number of hydrogen-bond donors (Lipinski definition) is 1. The molecule has 4 heteroatoms. The van der Waals surface area contributed by atoms with Crippen LogP contribution in [0.25, 0.3) is 0 Å². The van der Waals surface area contributed by atoms with Crippen LogP contribution in [0.1, 0.15) is 78.6 Å². The third kappa shape index (κ3) is 2.88. The lowest BCUT2D eigenvalue weighted by Crippen LogP contribution is -2.56. The van der Waals surface area contributed by atoms with Crippen molar-refractivity contribution >= 4 is 5.91 Å². The predicted molar refractivity (Wildman–Crippen MR) is 106 cm³/mol. The van der Waals surface area contributed by atoms with Crippen LogP contribution in [0.3, 0.4) is 0 Å². The lowest BCUT2D eigenvalue weighted by molar-refractivity contribution is -0.182. The van der Waals surface area contributed by atoms with Crippen LogP contribution in [0.15, 0.2) is 0 Å². The average molecular weight is 378 g/mol. The molecule has 154 valence electrons. The van der Waals surface area contributed by atoms with Gasteiger partial charge in [-0.3, -0.25) is 9.63 Å². The molecule has 1 amide bonds. The van der Waals surface area contributed by atoms with Gasteiger partial charge in [0.1, 0.15) is 0 Å².